The average molecular weight is 308 g/mol. The minimum Gasteiger partial charge on any atom is -0.466 e. The largest absolute Gasteiger partial charge is 0.466 e. The lowest BCUT2D eigenvalue weighted by Crippen LogP contribution is -2.24. The maximum Gasteiger partial charge on any atom is 0.308 e. The molecule has 1 rings (SSSR count). The maximum atomic E-state index is 11.2. The second-order valence-electron chi connectivity index (χ2n) is 3.91. The number of carbonyl (C=O) groups excluding carboxylic acids is 1. The third-order valence-corrected chi connectivity index (χ3v) is 3.02. The van der Waals surface area contributed by atoms with Crippen molar-refractivity contribution in [3.05, 3.63) is 27.7 Å². The fourth-order valence-electron chi connectivity index (χ4n) is 1.56. The third kappa shape index (κ3) is 4.24. The fourth-order valence-corrected chi connectivity index (χ4v) is 2.07. The van der Waals surface area contributed by atoms with Crippen molar-refractivity contribution in [1.29, 1.82) is 0 Å². The normalized spacial score (nSPS) is 13.9. The van der Waals surface area contributed by atoms with Crippen LogP contribution in [0, 0.1) is 0 Å². The Morgan fingerprint density at radius 1 is 1.42 bits per heavy atom. The van der Waals surface area contributed by atoms with Crippen LogP contribution in [0.25, 0.3) is 0 Å². The van der Waals surface area contributed by atoms with Gasteiger partial charge in [0.15, 0.2) is 0 Å². The molecule has 7 heteroatoms. The molecule has 0 aliphatic rings. The van der Waals surface area contributed by atoms with Crippen molar-refractivity contribution in [2.24, 2.45) is 0 Å². The van der Waals surface area contributed by atoms with E-state index >= 15 is 0 Å². The van der Waals surface area contributed by atoms with Crippen LogP contribution in [0.2, 0.25) is 10.0 Å². The molecule has 0 spiro atoms. The van der Waals surface area contributed by atoms with E-state index in [1.807, 2.05) is 0 Å². The second-order valence-corrected chi connectivity index (χ2v) is 4.76. The summed E-state index contributed by atoms with van der Waals surface area (Å²) < 4.78 is 4.68. The van der Waals surface area contributed by atoms with Gasteiger partial charge in [-0.3, -0.25) is 4.79 Å². The third-order valence-electron chi connectivity index (χ3n) is 2.49. The van der Waals surface area contributed by atoms with Crippen LogP contribution in [0.3, 0.4) is 0 Å². The number of hydrogen-bond acceptors (Lipinski definition) is 5. The summed E-state index contributed by atoms with van der Waals surface area (Å²) in [5, 5.41) is 20.2. The monoisotopic (exact) mass is 307 g/mol. The maximum absolute atomic E-state index is 11.2. The summed E-state index contributed by atoms with van der Waals surface area (Å²) in [6, 6.07) is 2.81. The Kier molecular flexibility index (Phi) is 5.87. The molecule has 0 aromatic heterocycles. The molecule has 1 aromatic carbocycles. The van der Waals surface area contributed by atoms with Gasteiger partial charge in [-0.25, -0.2) is 0 Å². The van der Waals surface area contributed by atoms with E-state index in [0.717, 1.165) is 0 Å². The highest BCUT2D eigenvalue weighted by Crippen LogP contribution is 2.33. The lowest BCUT2D eigenvalue weighted by molar-refractivity contribution is -0.147. The average Bonchev–Trinajstić information content (AvgIpc) is 2.33. The molecule has 0 radical (unpaired) electrons. The topological polar surface area (TPSA) is 92.8 Å². The van der Waals surface area contributed by atoms with E-state index in [0.29, 0.717) is 0 Å². The number of nitrogen functional groups attached to an aromatic ring is 1. The zero-order chi connectivity index (χ0) is 14.6. The quantitative estimate of drug-likeness (QED) is 0.571. The number of benzene rings is 1. The summed E-state index contributed by atoms with van der Waals surface area (Å²) in [5.74, 6) is -0.610. The van der Waals surface area contributed by atoms with Gasteiger partial charge in [-0.2, -0.15) is 0 Å². The van der Waals surface area contributed by atoms with E-state index in [4.69, 9.17) is 28.9 Å². The van der Waals surface area contributed by atoms with Gasteiger partial charge in [0.25, 0.3) is 0 Å². The zero-order valence-corrected chi connectivity index (χ0v) is 11.8. The van der Waals surface area contributed by atoms with E-state index in [1.165, 1.54) is 12.1 Å². The smallest absolute Gasteiger partial charge is 0.308 e. The molecule has 0 aliphatic heterocycles. The first-order valence-electron chi connectivity index (χ1n) is 5.63. The molecule has 4 N–H and O–H groups in total. The summed E-state index contributed by atoms with van der Waals surface area (Å²) in [6.07, 6.45) is -3.07. The Morgan fingerprint density at radius 3 is 2.63 bits per heavy atom. The highest BCUT2D eigenvalue weighted by atomic mass is 35.5. The number of hydrogen-bond donors (Lipinski definition) is 3. The number of aliphatic hydroxyl groups is 2. The first-order valence-corrected chi connectivity index (χ1v) is 6.38. The Hall–Kier alpha value is -1.01. The van der Waals surface area contributed by atoms with Gasteiger partial charge in [0.05, 0.1) is 29.8 Å². The van der Waals surface area contributed by atoms with Gasteiger partial charge in [-0.15, -0.1) is 0 Å². The molecule has 0 saturated heterocycles. The van der Waals surface area contributed by atoms with Gasteiger partial charge >= 0.3 is 5.97 Å². The molecular weight excluding hydrogens is 293 g/mol. The molecule has 5 nitrogen and oxygen atoms in total. The molecule has 0 bridgehead atoms. The van der Waals surface area contributed by atoms with Crippen LogP contribution in [0.15, 0.2) is 12.1 Å². The van der Waals surface area contributed by atoms with Crippen molar-refractivity contribution in [1.82, 2.24) is 0 Å². The lowest BCUT2D eigenvalue weighted by Gasteiger charge is -2.19. The minimum atomic E-state index is -1.37. The Balaban J connectivity index is 2.88. The van der Waals surface area contributed by atoms with Gasteiger partial charge < -0.3 is 20.7 Å². The fraction of sp³-hybridized carbons (Fsp3) is 0.417. The Labute approximate surface area is 120 Å². The van der Waals surface area contributed by atoms with Crippen LogP contribution in [0.5, 0.6) is 0 Å². The van der Waals surface area contributed by atoms with Crippen LogP contribution in [0.4, 0.5) is 5.69 Å². The van der Waals surface area contributed by atoms with E-state index in [2.05, 4.69) is 4.74 Å². The molecule has 0 saturated carbocycles. The Morgan fingerprint density at radius 2 is 2.05 bits per heavy atom. The van der Waals surface area contributed by atoms with E-state index < -0.39 is 18.2 Å². The van der Waals surface area contributed by atoms with Gasteiger partial charge in [0.1, 0.15) is 6.10 Å². The predicted molar refractivity (Wildman–Crippen MR) is 73.1 cm³/mol. The number of esters is 1. The summed E-state index contributed by atoms with van der Waals surface area (Å²) >= 11 is 11.6. The SMILES string of the molecule is CCOC(=O)CC(O)C(O)c1cc(Cl)cc(Cl)c1N. The van der Waals surface area contributed by atoms with Crippen molar-refractivity contribution in [3.8, 4) is 0 Å². The van der Waals surface area contributed by atoms with Crippen molar-refractivity contribution in [3.63, 3.8) is 0 Å². The van der Waals surface area contributed by atoms with Crippen LogP contribution in [-0.2, 0) is 9.53 Å². The van der Waals surface area contributed by atoms with Crippen LogP contribution >= 0.6 is 23.2 Å². The first kappa shape index (κ1) is 16.0. The van der Waals surface area contributed by atoms with Gasteiger partial charge in [-0.05, 0) is 19.1 Å². The molecule has 0 fully saturated rings. The highest BCUT2D eigenvalue weighted by Gasteiger charge is 2.25. The number of carbonyl (C=O) groups is 1. The predicted octanol–water partition coefficient (Wildman–Crippen LogP) is 1.92. The molecular formula is C12H15Cl2NO4. The van der Waals surface area contributed by atoms with Gasteiger partial charge in [0.2, 0.25) is 0 Å². The van der Waals surface area contributed by atoms with Crippen LogP contribution < -0.4 is 5.73 Å². The minimum absolute atomic E-state index is 0.112. The van der Waals surface area contributed by atoms with Gasteiger partial charge in [0, 0.05) is 10.6 Å². The summed E-state index contributed by atoms with van der Waals surface area (Å²) in [4.78, 5) is 11.2. The molecule has 0 heterocycles. The summed E-state index contributed by atoms with van der Waals surface area (Å²) in [5.41, 5.74) is 5.99. The number of aliphatic hydroxyl groups excluding tert-OH is 2. The number of nitrogens with two attached hydrogens (primary N) is 1. The molecule has 0 aliphatic carbocycles. The summed E-state index contributed by atoms with van der Waals surface area (Å²) in [6.45, 7) is 1.85. The number of ether oxygens (including phenoxy) is 1. The molecule has 1 aromatic rings. The van der Waals surface area contributed by atoms with Crippen molar-refractivity contribution >= 4 is 34.9 Å². The standard InChI is InChI=1S/C12H15Cl2NO4/c1-2-19-10(17)5-9(16)12(18)7-3-6(13)4-8(14)11(7)15/h3-4,9,12,16,18H,2,5,15H2,1H3. The van der Waals surface area contributed by atoms with Crippen molar-refractivity contribution in [2.45, 2.75) is 25.6 Å². The van der Waals surface area contributed by atoms with Crippen molar-refractivity contribution < 1.29 is 19.7 Å². The Bertz CT molecular complexity index is 467. The highest BCUT2D eigenvalue weighted by molar-refractivity contribution is 6.36. The van der Waals surface area contributed by atoms with E-state index in [1.54, 1.807) is 6.92 Å². The number of rotatable bonds is 5. The number of anilines is 1. The molecule has 2 unspecified atom stereocenters. The molecule has 0 amide bonds. The van der Waals surface area contributed by atoms with Crippen molar-refractivity contribution in [2.75, 3.05) is 12.3 Å². The summed E-state index contributed by atoms with van der Waals surface area (Å²) in [7, 11) is 0. The number of halogens is 2. The first-order chi connectivity index (χ1) is 8.86. The molecule has 106 valence electrons. The van der Waals surface area contributed by atoms with E-state index in [9.17, 15) is 15.0 Å². The lowest BCUT2D eigenvalue weighted by atomic mass is 10.0. The molecule has 2 atom stereocenters. The second kappa shape index (κ2) is 6.96. The van der Waals surface area contributed by atoms with Crippen LogP contribution in [0.1, 0.15) is 25.0 Å². The van der Waals surface area contributed by atoms with E-state index in [-0.39, 0.29) is 34.3 Å². The zero-order valence-electron chi connectivity index (χ0n) is 10.3. The van der Waals surface area contributed by atoms with Gasteiger partial charge in [-0.1, -0.05) is 23.2 Å². The van der Waals surface area contributed by atoms with Crippen LogP contribution in [-0.4, -0.2) is 28.9 Å². The molecule has 19 heavy (non-hydrogen) atoms.